The summed E-state index contributed by atoms with van der Waals surface area (Å²) in [6, 6.07) is 25.0. The molecule has 0 radical (unpaired) electrons. The first kappa shape index (κ1) is 16.5. The van der Waals surface area contributed by atoms with E-state index in [1.165, 1.54) is 24.3 Å². The summed E-state index contributed by atoms with van der Waals surface area (Å²) < 4.78 is 0. The zero-order valence-electron chi connectivity index (χ0n) is 14.3. The molecular formula is C23H14N2O2. The van der Waals surface area contributed by atoms with E-state index >= 15 is 0 Å². The number of nitrogens with zero attached hydrogens (tertiary/aromatic N) is 1. The van der Waals surface area contributed by atoms with Gasteiger partial charge < -0.3 is 4.98 Å². The lowest BCUT2D eigenvalue weighted by molar-refractivity contribution is 0.0818. The number of hydrogen-bond acceptors (Lipinski definition) is 3. The molecule has 4 nitrogen and oxygen atoms in total. The van der Waals surface area contributed by atoms with Gasteiger partial charge in [-0.25, -0.2) is 0 Å². The Morgan fingerprint density at radius 3 is 2.15 bits per heavy atom. The fraction of sp³-hybridized carbons (Fsp3) is 0. The Morgan fingerprint density at radius 1 is 0.778 bits per heavy atom. The number of carbonyl (C=O) groups excluding carboxylic acids is 2. The van der Waals surface area contributed by atoms with Crippen molar-refractivity contribution in [3.8, 4) is 17.3 Å². The largest absolute Gasteiger partial charge is 0.354 e. The highest BCUT2D eigenvalue weighted by atomic mass is 16.2. The van der Waals surface area contributed by atoms with Gasteiger partial charge in [-0.2, -0.15) is 5.26 Å². The van der Waals surface area contributed by atoms with Gasteiger partial charge in [-0.15, -0.1) is 0 Å². The topological polar surface area (TPSA) is 73.7 Å². The third kappa shape index (κ3) is 2.92. The Labute approximate surface area is 155 Å². The Morgan fingerprint density at radius 2 is 1.44 bits per heavy atom. The van der Waals surface area contributed by atoms with Gasteiger partial charge in [0, 0.05) is 16.5 Å². The molecule has 0 bridgehead atoms. The molecule has 1 aromatic heterocycles. The van der Waals surface area contributed by atoms with Crippen molar-refractivity contribution in [1.29, 1.82) is 5.26 Å². The Hall–Kier alpha value is -3.97. The number of nitrogens with one attached hydrogen (secondary N) is 1. The molecule has 0 spiro atoms. The summed E-state index contributed by atoms with van der Waals surface area (Å²) in [5, 5.41) is 9.61. The van der Waals surface area contributed by atoms with E-state index in [0.29, 0.717) is 22.2 Å². The van der Waals surface area contributed by atoms with E-state index in [1.54, 1.807) is 0 Å². The number of hydrogen-bond donors (Lipinski definition) is 1. The molecule has 0 saturated heterocycles. The second kappa shape index (κ2) is 6.74. The fourth-order valence-electron chi connectivity index (χ4n) is 3.14. The molecule has 1 N–H and O–H groups in total. The van der Waals surface area contributed by atoms with E-state index in [4.69, 9.17) is 5.26 Å². The van der Waals surface area contributed by atoms with Crippen LogP contribution in [0.15, 0.2) is 78.9 Å². The minimum Gasteiger partial charge on any atom is -0.354 e. The molecule has 0 aliphatic heterocycles. The number of fused-ring (bicyclic) bond motifs is 1. The SMILES string of the molecule is N#Cc1ccc(C(=O)C(=O)c2c(-c3ccccc3)[nH]c3ccccc23)cc1. The van der Waals surface area contributed by atoms with Crippen molar-refractivity contribution < 1.29 is 9.59 Å². The maximum atomic E-state index is 13.1. The van der Waals surface area contributed by atoms with E-state index in [2.05, 4.69) is 4.98 Å². The molecular weight excluding hydrogens is 336 g/mol. The van der Waals surface area contributed by atoms with Gasteiger partial charge >= 0.3 is 0 Å². The monoisotopic (exact) mass is 350 g/mol. The molecule has 0 aliphatic rings. The van der Waals surface area contributed by atoms with Gasteiger partial charge in [0.2, 0.25) is 11.6 Å². The number of ketones is 2. The third-order valence-electron chi connectivity index (χ3n) is 4.48. The molecule has 0 unspecified atom stereocenters. The van der Waals surface area contributed by atoms with Crippen LogP contribution in [-0.2, 0) is 0 Å². The highest BCUT2D eigenvalue weighted by Crippen LogP contribution is 2.31. The first-order valence-electron chi connectivity index (χ1n) is 8.44. The maximum Gasteiger partial charge on any atom is 0.236 e. The molecule has 128 valence electrons. The Bertz CT molecular complexity index is 1200. The molecule has 0 fully saturated rings. The molecule has 4 heteroatoms. The number of carbonyl (C=O) groups is 2. The normalized spacial score (nSPS) is 10.5. The van der Waals surface area contributed by atoms with Crippen LogP contribution >= 0.6 is 0 Å². The fourth-order valence-corrected chi connectivity index (χ4v) is 3.14. The van der Waals surface area contributed by atoms with Crippen LogP contribution in [0.4, 0.5) is 0 Å². The quantitative estimate of drug-likeness (QED) is 0.425. The van der Waals surface area contributed by atoms with Crippen LogP contribution in [0.3, 0.4) is 0 Å². The standard InChI is InChI=1S/C23H14N2O2/c24-14-15-10-12-17(13-11-15)22(26)23(27)20-18-8-4-5-9-19(18)25-21(20)16-6-2-1-3-7-16/h1-13,25H. The van der Waals surface area contributed by atoms with E-state index in [-0.39, 0.29) is 5.56 Å². The summed E-state index contributed by atoms with van der Waals surface area (Å²) in [5.74, 6) is -1.17. The van der Waals surface area contributed by atoms with E-state index in [1.807, 2.05) is 60.7 Å². The minimum absolute atomic E-state index is 0.267. The predicted octanol–water partition coefficient (Wildman–Crippen LogP) is 4.77. The number of aromatic amines is 1. The lowest BCUT2D eigenvalue weighted by Crippen LogP contribution is -2.15. The number of benzene rings is 3. The molecule has 1 heterocycles. The van der Waals surface area contributed by atoms with Crippen LogP contribution in [0.25, 0.3) is 22.2 Å². The number of aromatic nitrogens is 1. The number of Topliss-reactive ketones (excluding diaryl/α,β-unsaturated/α-hetero) is 2. The summed E-state index contributed by atoms with van der Waals surface area (Å²) in [5.41, 5.74) is 3.34. The predicted molar refractivity (Wildman–Crippen MR) is 104 cm³/mol. The van der Waals surface area contributed by atoms with Gasteiger partial charge in [0.05, 0.1) is 22.9 Å². The minimum atomic E-state index is -0.596. The van der Waals surface area contributed by atoms with Crippen molar-refractivity contribution in [2.24, 2.45) is 0 Å². The second-order valence-electron chi connectivity index (χ2n) is 6.13. The summed E-state index contributed by atoms with van der Waals surface area (Å²) in [6.45, 7) is 0. The number of nitriles is 1. The zero-order valence-corrected chi connectivity index (χ0v) is 14.3. The lowest BCUT2D eigenvalue weighted by atomic mass is 9.96. The Kier molecular flexibility index (Phi) is 4.12. The maximum absolute atomic E-state index is 13.1. The summed E-state index contributed by atoms with van der Waals surface area (Å²) >= 11 is 0. The molecule has 0 aliphatic carbocycles. The van der Waals surface area contributed by atoms with Crippen molar-refractivity contribution in [3.63, 3.8) is 0 Å². The van der Waals surface area contributed by atoms with Crippen molar-refractivity contribution in [2.75, 3.05) is 0 Å². The summed E-state index contributed by atoms with van der Waals surface area (Å²) in [6.07, 6.45) is 0. The van der Waals surface area contributed by atoms with Crippen molar-refractivity contribution in [1.82, 2.24) is 4.98 Å². The van der Waals surface area contributed by atoms with Crippen LogP contribution in [0.5, 0.6) is 0 Å². The van der Waals surface area contributed by atoms with Gasteiger partial charge in [-0.05, 0) is 35.9 Å². The van der Waals surface area contributed by atoms with Crippen molar-refractivity contribution in [2.45, 2.75) is 0 Å². The average molecular weight is 350 g/mol. The molecule has 27 heavy (non-hydrogen) atoms. The van der Waals surface area contributed by atoms with Gasteiger partial charge in [0.1, 0.15) is 0 Å². The van der Waals surface area contributed by atoms with Gasteiger partial charge in [-0.3, -0.25) is 9.59 Å². The first-order chi connectivity index (χ1) is 13.2. The van der Waals surface area contributed by atoms with Crippen molar-refractivity contribution >= 4 is 22.5 Å². The van der Waals surface area contributed by atoms with Crippen LogP contribution in [0, 0.1) is 11.3 Å². The molecule has 0 amide bonds. The highest BCUT2D eigenvalue weighted by molar-refractivity contribution is 6.52. The van der Waals surface area contributed by atoms with E-state index < -0.39 is 11.6 Å². The van der Waals surface area contributed by atoms with Crippen LogP contribution in [-0.4, -0.2) is 16.6 Å². The average Bonchev–Trinajstić information content (AvgIpc) is 3.13. The molecule has 3 aromatic carbocycles. The number of rotatable bonds is 4. The van der Waals surface area contributed by atoms with Gasteiger partial charge in [0.25, 0.3) is 0 Å². The van der Waals surface area contributed by atoms with Crippen LogP contribution in [0.2, 0.25) is 0 Å². The number of H-pyrrole nitrogens is 1. The molecule has 4 aromatic rings. The molecule has 4 rings (SSSR count). The van der Waals surface area contributed by atoms with Crippen molar-refractivity contribution in [3.05, 3.63) is 95.6 Å². The van der Waals surface area contributed by atoms with Gasteiger partial charge in [0.15, 0.2) is 0 Å². The first-order valence-corrected chi connectivity index (χ1v) is 8.44. The smallest absolute Gasteiger partial charge is 0.236 e. The van der Waals surface area contributed by atoms with Crippen LogP contribution < -0.4 is 0 Å². The van der Waals surface area contributed by atoms with E-state index in [9.17, 15) is 9.59 Å². The van der Waals surface area contributed by atoms with E-state index in [0.717, 1.165) is 11.1 Å². The van der Waals surface area contributed by atoms with Gasteiger partial charge in [-0.1, -0.05) is 48.5 Å². The van der Waals surface area contributed by atoms with Crippen LogP contribution in [0.1, 0.15) is 26.3 Å². The number of para-hydroxylation sites is 1. The lowest BCUT2D eigenvalue weighted by Gasteiger charge is -2.05. The molecule has 0 atom stereocenters. The zero-order chi connectivity index (χ0) is 18.8. The Balaban J connectivity index is 1.85. The second-order valence-corrected chi connectivity index (χ2v) is 6.13. The summed E-state index contributed by atoms with van der Waals surface area (Å²) in [7, 11) is 0. The highest BCUT2D eigenvalue weighted by Gasteiger charge is 2.25. The third-order valence-corrected chi connectivity index (χ3v) is 4.48. The molecule has 0 saturated carbocycles. The summed E-state index contributed by atoms with van der Waals surface area (Å²) in [4.78, 5) is 29.2.